The van der Waals surface area contributed by atoms with Gasteiger partial charge < -0.3 is 19.4 Å². The highest BCUT2D eigenvalue weighted by Gasteiger charge is 2.10. The van der Waals surface area contributed by atoms with Gasteiger partial charge in [0.15, 0.2) is 0 Å². The van der Waals surface area contributed by atoms with Crippen LogP contribution in [0.5, 0.6) is 0 Å². The van der Waals surface area contributed by atoms with Crippen LogP contribution in [0.2, 0.25) is 0 Å². The lowest BCUT2D eigenvalue weighted by molar-refractivity contribution is 0.199. The summed E-state index contributed by atoms with van der Waals surface area (Å²) in [6, 6.07) is 10.2. The van der Waals surface area contributed by atoms with Gasteiger partial charge in [0.25, 0.3) is 0 Å². The first-order chi connectivity index (χ1) is 10.2. The lowest BCUT2D eigenvalue weighted by atomic mass is 10.1. The molecule has 0 aliphatic rings. The number of nitrogens with zero attached hydrogens (tertiary/aromatic N) is 1. The van der Waals surface area contributed by atoms with Crippen LogP contribution in [-0.2, 0) is 17.8 Å². The van der Waals surface area contributed by atoms with E-state index < -0.39 is 0 Å². The van der Waals surface area contributed by atoms with E-state index in [-0.39, 0.29) is 0 Å². The second kappa shape index (κ2) is 8.22. The number of ether oxygens (including phenoxy) is 1. The third-order valence-corrected chi connectivity index (χ3v) is 3.72. The number of rotatable bonds is 8. The highest BCUT2D eigenvalue weighted by molar-refractivity contribution is 9.10. The average Bonchev–Trinajstić information content (AvgIpc) is 2.97. The van der Waals surface area contributed by atoms with Crippen molar-refractivity contribution in [3.05, 3.63) is 52.4 Å². The lowest BCUT2D eigenvalue weighted by Gasteiger charge is -2.22. The Morgan fingerprint density at radius 1 is 1.33 bits per heavy atom. The van der Waals surface area contributed by atoms with E-state index in [4.69, 9.17) is 9.15 Å². The smallest absolute Gasteiger partial charge is 0.123 e. The van der Waals surface area contributed by atoms with Crippen LogP contribution in [0.4, 0.5) is 5.69 Å². The zero-order valence-corrected chi connectivity index (χ0v) is 14.0. The van der Waals surface area contributed by atoms with E-state index >= 15 is 0 Å². The van der Waals surface area contributed by atoms with E-state index in [1.165, 1.54) is 11.3 Å². The number of furan rings is 1. The zero-order chi connectivity index (χ0) is 15.1. The molecule has 2 aromatic rings. The van der Waals surface area contributed by atoms with Crippen LogP contribution >= 0.6 is 15.9 Å². The Labute approximate surface area is 134 Å². The molecule has 21 heavy (non-hydrogen) atoms. The van der Waals surface area contributed by atoms with E-state index in [2.05, 4.69) is 51.4 Å². The summed E-state index contributed by atoms with van der Waals surface area (Å²) in [5, 5.41) is 3.39. The Morgan fingerprint density at radius 3 is 2.90 bits per heavy atom. The van der Waals surface area contributed by atoms with E-state index in [1.807, 2.05) is 12.1 Å². The van der Waals surface area contributed by atoms with E-state index in [1.54, 1.807) is 13.4 Å². The van der Waals surface area contributed by atoms with Crippen molar-refractivity contribution in [2.45, 2.75) is 13.1 Å². The molecule has 0 fully saturated rings. The normalized spacial score (nSPS) is 10.8. The largest absolute Gasteiger partial charge is 0.467 e. The molecule has 0 amide bonds. The number of nitrogens with one attached hydrogen (secondary N) is 1. The number of methoxy groups -OCH3 is 1. The van der Waals surface area contributed by atoms with Gasteiger partial charge in [-0.25, -0.2) is 0 Å². The first-order valence-corrected chi connectivity index (χ1v) is 7.71. The van der Waals surface area contributed by atoms with Gasteiger partial charge in [-0.05, 0) is 29.8 Å². The molecule has 0 atom stereocenters. The Bertz CT molecular complexity index is 543. The van der Waals surface area contributed by atoms with Crippen molar-refractivity contribution in [3.8, 4) is 0 Å². The highest BCUT2D eigenvalue weighted by Crippen LogP contribution is 2.25. The van der Waals surface area contributed by atoms with Crippen LogP contribution in [0.15, 0.2) is 45.5 Å². The monoisotopic (exact) mass is 352 g/mol. The molecule has 0 aliphatic carbocycles. The van der Waals surface area contributed by atoms with E-state index in [0.717, 1.165) is 29.9 Å². The van der Waals surface area contributed by atoms with Gasteiger partial charge in [-0.15, -0.1) is 0 Å². The van der Waals surface area contributed by atoms with Gasteiger partial charge in [-0.2, -0.15) is 0 Å². The molecule has 4 nitrogen and oxygen atoms in total. The van der Waals surface area contributed by atoms with Gasteiger partial charge in [-0.3, -0.25) is 0 Å². The highest BCUT2D eigenvalue weighted by atomic mass is 79.9. The van der Waals surface area contributed by atoms with Gasteiger partial charge in [0, 0.05) is 37.4 Å². The van der Waals surface area contributed by atoms with Gasteiger partial charge in [0.2, 0.25) is 0 Å². The summed E-state index contributed by atoms with van der Waals surface area (Å²) < 4.78 is 11.6. The Kier molecular flexibility index (Phi) is 6.29. The summed E-state index contributed by atoms with van der Waals surface area (Å²) >= 11 is 3.55. The topological polar surface area (TPSA) is 37.6 Å². The SMILES string of the molecule is COCCNCc1ccc(Br)cc1N(C)Cc1ccco1. The Hall–Kier alpha value is -1.30. The third kappa shape index (κ3) is 4.88. The maximum atomic E-state index is 5.42. The molecule has 1 N–H and O–H groups in total. The lowest BCUT2D eigenvalue weighted by Crippen LogP contribution is -2.22. The van der Waals surface area contributed by atoms with Crippen molar-refractivity contribution < 1.29 is 9.15 Å². The van der Waals surface area contributed by atoms with Crippen LogP contribution in [0.1, 0.15) is 11.3 Å². The molecule has 0 aliphatic heterocycles. The van der Waals surface area contributed by atoms with Crippen molar-refractivity contribution in [2.24, 2.45) is 0 Å². The molecule has 0 radical (unpaired) electrons. The minimum absolute atomic E-state index is 0.716. The van der Waals surface area contributed by atoms with E-state index in [9.17, 15) is 0 Å². The first-order valence-electron chi connectivity index (χ1n) is 6.92. The Morgan fingerprint density at radius 2 is 2.19 bits per heavy atom. The molecular weight excluding hydrogens is 332 g/mol. The molecule has 5 heteroatoms. The summed E-state index contributed by atoms with van der Waals surface area (Å²) in [6.45, 7) is 3.12. The summed E-state index contributed by atoms with van der Waals surface area (Å²) in [6.07, 6.45) is 1.71. The van der Waals surface area contributed by atoms with Crippen LogP contribution in [-0.4, -0.2) is 27.3 Å². The summed E-state index contributed by atoms with van der Waals surface area (Å²) in [5.74, 6) is 0.954. The second-order valence-corrected chi connectivity index (χ2v) is 5.79. The predicted octanol–water partition coefficient (Wildman–Crippen LogP) is 3.41. The van der Waals surface area contributed by atoms with Crippen LogP contribution in [0, 0.1) is 0 Å². The minimum Gasteiger partial charge on any atom is -0.467 e. The molecule has 114 valence electrons. The van der Waals surface area contributed by atoms with Gasteiger partial charge in [0.1, 0.15) is 5.76 Å². The van der Waals surface area contributed by atoms with Crippen molar-refractivity contribution in [1.29, 1.82) is 0 Å². The van der Waals surface area contributed by atoms with Crippen molar-refractivity contribution >= 4 is 21.6 Å². The minimum atomic E-state index is 0.716. The predicted molar refractivity (Wildman–Crippen MR) is 88.5 cm³/mol. The fraction of sp³-hybridized carbons (Fsp3) is 0.375. The number of halogens is 1. The van der Waals surface area contributed by atoms with Crippen LogP contribution < -0.4 is 10.2 Å². The molecule has 0 unspecified atom stereocenters. The van der Waals surface area contributed by atoms with E-state index in [0.29, 0.717) is 6.61 Å². The molecule has 2 rings (SSSR count). The van der Waals surface area contributed by atoms with Crippen molar-refractivity contribution in [3.63, 3.8) is 0 Å². The standard InChI is InChI=1S/C16H21BrN2O2/c1-19(12-15-4-3-8-21-15)16-10-14(17)6-5-13(16)11-18-7-9-20-2/h3-6,8,10,18H,7,9,11-12H2,1-2H3. The average molecular weight is 353 g/mol. The first kappa shape index (κ1) is 16.1. The summed E-state index contributed by atoms with van der Waals surface area (Å²) in [4.78, 5) is 2.19. The number of anilines is 1. The fourth-order valence-corrected chi connectivity index (χ4v) is 2.51. The number of hydrogen-bond donors (Lipinski definition) is 1. The number of hydrogen-bond acceptors (Lipinski definition) is 4. The zero-order valence-electron chi connectivity index (χ0n) is 12.4. The maximum absolute atomic E-state index is 5.42. The molecular formula is C16H21BrN2O2. The molecule has 0 saturated heterocycles. The van der Waals surface area contributed by atoms with Crippen molar-refractivity contribution in [2.75, 3.05) is 32.2 Å². The van der Waals surface area contributed by atoms with Crippen LogP contribution in [0.25, 0.3) is 0 Å². The summed E-state index contributed by atoms with van der Waals surface area (Å²) in [7, 11) is 3.78. The fourth-order valence-electron chi connectivity index (χ4n) is 2.16. The Balaban J connectivity index is 2.06. The second-order valence-electron chi connectivity index (χ2n) is 4.88. The maximum Gasteiger partial charge on any atom is 0.123 e. The third-order valence-electron chi connectivity index (χ3n) is 3.23. The van der Waals surface area contributed by atoms with Crippen molar-refractivity contribution in [1.82, 2.24) is 5.32 Å². The summed E-state index contributed by atoms with van der Waals surface area (Å²) in [5.41, 5.74) is 2.44. The molecule has 0 bridgehead atoms. The quantitative estimate of drug-likeness (QED) is 0.738. The van der Waals surface area contributed by atoms with Gasteiger partial charge in [-0.1, -0.05) is 22.0 Å². The van der Waals surface area contributed by atoms with Gasteiger partial charge >= 0.3 is 0 Å². The van der Waals surface area contributed by atoms with Crippen LogP contribution in [0.3, 0.4) is 0 Å². The molecule has 0 spiro atoms. The molecule has 1 aromatic heterocycles. The molecule has 1 heterocycles. The molecule has 1 aromatic carbocycles. The number of benzene rings is 1. The molecule has 0 saturated carbocycles. The van der Waals surface area contributed by atoms with Gasteiger partial charge in [0.05, 0.1) is 19.4 Å².